The molecule has 2 nitrogen and oxygen atoms in total. The quantitative estimate of drug-likeness (QED) is 0.781. The van der Waals surface area contributed by atoms with Crippen LogP contribution in [-0.4, -0.2) is 6.61 Å². The van der Waals surface area contributed by atoms with E-state index in [9.17, 15) is 4.39 Å². The van der Waals surface area contributed by atoms with Gasteiger partial charge >= 0.3 is 0 Å². The highest BCUT2D eigenvalue weighted by atomic mass is 19.1. The number of halogens is 1. The Labute approximate surface area is 94.7 Å². The third-order valence-electron chi connectivity index (χ3n) is 3.11. The predicted molar refractivity (Wildman–Crippen MR) is 58.4 cm³/mol. The van der Waals surface area contributed by atoms with E-state index in [0.29, 0.717) is 12.4 Å². The standard InChI is InChI=1S/C13H14FNO/c14-11-4-3-5-12(8-11)16-10-13(9-15)6-1-2-7-13/h3-5,8H,1-2,6-7,10H2. The van der Waals surface area contributed by atoms with Gasteiger partial charge in [-0.1, -0.05) is 18.9 Å². The van der Waals surface area contributed by atoms with E-state index in [-0.39, 0.29) is 11.2 Å². The van der Waals surface area contributed by atoms with E-state index >= 15 is 0 Å². The zero-order chi connectivity index (χ0) is 11.4. The maximum atomic E-state index is 12.9. The van der Waals surface area contributed by atoms with Crippen molar-refractivity contribution in [2.45, 2.75) is 25.7 Å². The molecule has 1 aliphatic rings. The second-order valence-corrected chi connectivity index (χ2v) is 4.35. The van der Waals surface area contributed by atoms with Crippen molar-refractivity contribution in [3.8, 4) is 11.8 Å². The Morgan fingerprint density at radius 1 is 1.38 bits per heavy atom. The molecule has 0 unspecified atom stereocenters. The molecule has 0 N–H and O–H groups in total. The number of hydrogen-bond donors (Lipinski definition) is 0. The van der Waals surface area contributed by atoms with Gasteiger partial charge in [-0.3, -0.25) is 0 Å². The molecule has 0 aliphatic heterocycles. The maximum absolute atomic E-state index is 12.9. The average molecular weight is 219 g/mol. The molecular formula is C13H14FNO. The molecule has 1 aromatic carbocycles. The summed E-state index contributed by atoms with van der Waals surface area (Å²) in [4.78, 5) is 0. The number of nitriles is 1. The van der Waals surface area contributed by atoms with Crippen LogP contribution < -0.4 is 4.74 Å². The Morgan fingerprint density at radius 3 is 2.75 bits per heavy atom. The van der Waals surface area contributed by atoms with Gasteiger partial charge in [0.25, 0.3) is 0 Å². The molecule has 0 heterocycles. The smallest absolute Gasteiger partial charge is 0.126 e. The molecule has 1 fully saturated rings. The van der Waals surface area contributed by atoms with Crippen LogP contribution in [0.4, 0.5) is 4.39 Å². The molecule has 0 spiro atoms. The Balaban J connectivity index is 1.99. The third-order valence-corrected chi connectivity index (χ3v) is 3.11. The maximum Gasteiger partial charge on any atom is 0.126 e. The summed E-state index contributed by atoms with van der Waals surface area (Å²) in [6, 6.07) is 8.39. The highest BCUT2D eigenvalue weighted by molar-refractivity contribution is 5.22. The van der Waals surface area contributed by atoms with Crippen molar-refractivity contribution in [2.24, 2.45) is 5.41 Å². The van der Waals surface area contributed by atoms with Crippen LogP contribution in [0.2, 0.25) is 0 Å². The van der Waals surface area contributed by atoms with Crippen LogP contribution in [0, 0.1) is 22.6 Å². The first-order valence-corrected chi connectivity index (χ1v) is 5.54. The van der Waals surface area contributed by atoms with Gasteiger partial charge in [0.05, 0.1) is 11.5 Å². The molecule has 0 aromatic heterocycles. The van der Waals surface area contributed by atoms with Gasteiger partial charge < -0.3 is 4.74 Å². The second kappa shape index (κ2) is 4.52. The van der Waals surface area contributed by atoms with Crippen LogP contribution in [0.25, 0.3) is 0 Å². The highest BCUT2D eigenvalue weighted by Gasteiger charge is 2.34. The normalized spacial score (nSPS) is 18.0. The Morgan fingerprint density at radius 2 is 2.12 bits per heavy atom. The fraction of sp³-hybridized carbons (Fsp3) is 0.462. The van der Waals surface area contributed by atoms with Crippen LogP contribution in [0.3, 0.4) is 0 Å². The summed E-state index contributed by atoms with van der Waals surface area (Å²) >= 11 is 0. The first-order valence-electron chi connectivity index (χ1n) is 5.54. The third kappa shape index (κ3) is 2.33. The predicted octanol–water partition coefficient (Wildman–Crippen LogP) is 3.29. The summed E-state index contributed by atoms with van der Waals surface area (Å²) in [6.45, 7) is 0.368. The van der Waals surface area contributed by atoms with Gasteiger partial charge in [0.1, 0.15) is 18.2 Å². The van der Waals surface area contributed by atoms with E-state index in [1.165, 1.54) is 12.1 Å². The summed E-state index contributed by atoms with van der Waals surface area (Å²) < 4.78 is 18.4. The van der Waals surface area contributed by atoms with Crippen LogP contribution in [0.15, 0.2) is 24.3 Å². The lowest BCUT2D eigenvalue weighted by molar-refractivity contribution is 0.200. The van der Waals surface area contributed by atoms with E-state index < -0.39 is 0 Å². The van der Waals surface area contributed by atoms with Crippen molar-refractivity contribution in [3.63, 3.8) is 0 Å². The van der Waals surface area contributed by atoms with Crippen molar-refractivity contribution < 1.29 is 9.13 Å². The van der Waals surface area contributed by atoms with Crippen molar-refractivity contribution in [2.75, 3.05) is 6.61 Å². The number of nitrogens with zero attached hydrogens (tertiary/aromatic N) is 1. The molecular weight excluding hydrogens is 205 g/mol. The lowest BCUT2D eigenvalue weighted by Gasteiger charge is -2.20. The minimum absolute atomic E-state index is 0.310. The lowest BCUT2D eigenvalue weighted by atomic mass is 9.89. The molecule has 0 radical (unpaired) electrons. The minimum atomic E-state index is -0.355. The van der Waals surface area contributed by atoms with Gasteiger partial charge in [-0.2, -0.15) is 5.26 Å². The Kier molecular flexibility index (Phi) is 3.09. The van der Waals surface area contributed by atoms with Crippen LogP contribution in [-0.2, 0) is 0 Å². The van der Waals surface area contributed by atoms with Gasteiger partial charge in [0, 0.05) is 6.07 Å². The van der Waals surface area contributed by atoms with E-state index in [0.717, 1.165) is 25.7 Å². The van der Waals surface area contributed by atoms with Crippen LogP contribution in [0.1, 0.15) is 25.7 Å². The summed E-state index contributed by atoms with van der Waals surface area (Å²) in [7, 11) is 0. The molecule has 0 saturated heterocycles. The Bertz CT molecular complexity index is 405. The summed E-state index contributed by atoms with van der Waals surface area (Å²) in [5, 5.41) is 9.15. The molecule has 0 amide bonds. The van der Waals surface area contributed by atoms with E-state index in [1.54, 1.807) is 12.1 Å². The first kappa shape index (κ1) is 10.9. The summed E-state index contributed by atoms with van der Waals surface area (Å²) in [5.41, 5.74) is -0.355. The summed E-state index contributed by atoms with van der Waals surface area (Å²) in [5.74, 6) is 0.191. The molecule has 2 rings (SSSR count). The van der Waals surface area contributed by atoms with Crippen molar-refractivity contribution >= 4 is 0 Å². The zero-order valence-corrected chi connectivity index (χ0v) is 9.08. The molecule has 1 aromatic rings. The minimum Gasteiger partial charge on any atom is -0.492 e. The number of benzene rings is 1. The molecule has 0 bridgehead atoms. The summed E-state index contributed by atoms with van der Waals surface area (Å²) in [6.07, 6.45) is 3.94. The molecule has 16 heavy (non-hydrogen) atoms. The second-order valence-electron chi connectivity index (χ2n) is 4.35. The Hall–Kier alpha value is -1.56. The van der Waals surface area contributed by atoms with Crippen molar-refractivity contribution in [1.82, 2.24) is 0 Å². The van der Waals surface area contributed by atoms with Gasteiger partial charge in [-0.05, 0) is 25.0 Å². The molecule has 84 valence electrons. The van der Waals surface area contributed by atoms with Crippen molar-refractivity contribution in [1.29, 1.82) is 5.26 Å². The van der Waals surface area contributed by atoms with E-state index in [2.05, 4.69) is 6.07 Å². The van der Waals surface area contributed by atoms with E-state index in [4.69, 9.17) is 10.00 Å². The van der Waals surface area contributed by atoms with Crippen LogP contribution >= 0.6 is 0 Å². The number of ether oxygens (including phenoxy) is 1. The van der Waals surface area contributed by atoms with Crippen molar-refractivity contribution in [3.05, 3.63) is 30.1 Å². The van der Waals surface area contributed by atoms with Gasteiger partial charge in [0.15, 0.2) is 0 Å². The number of hydrogen-bond acceptors (Lipinski definition) is 2. The molecule has 1 aliphatic carbocycles. The first-order chi connectivity index (χ1) is 7.74. The highest BCUT2D eigenvalue weighted by Crippen LogP contribution is 2.37. The molecule has 3 heteroatoms. The monoisotopic (exact) mass is 219 g/mol. The topological polar surface area (TPSA) is 33.0 Å². The van der Waals surface area contributed by atoms with Gasteiger partial charge in [-0.15, -0.1) is 0 Å². The molecule has 1 saturated carbocycles. The zero-order valence-electron chi connectivity index (χ0n) is 9.08. The average Bonchev–Trinajstić information content (AvgIpc) is 2.76. The van der Waals surface area contributed by atoms with Crippen LogP contribution in [0.5, 0.6) is 5.75 Å². The SMILES string of the molecule is N#CC1(COc2cccc(F)c2)CCCC1. The lowest BCUT2D eigenvalue weighted by Crippen LogP contribution is -2.23. The molecule has 0 atom stereocenters. The fourth-order valence-electron chi connectivity index (χ4n) is 2.12. The van der Waals surface area contributed by atoms with Gasteiger partial charge in [0.2, 0.25) is 0 Å². The van der Waals surface area contributed by atoms with E-state index in [1.807, 2.05) is 0 Å². The number of rotatable bonds is 3. The fourth-order valence-corrected chi connectivity index (χ4v) is 2.12. The largest absolute Gasteiger partial charge is 0.492 e. The van der Waals surface area contributed by atoms with Gasteiger partial charge in [-0.25, -0.2) is 4.39 Å².